The summed E-state index contributed by atoms with van der Waals surface area (Å²) >= 11 is 1.44. The number of hydrogen-bond acceptors (Lipinski definition) is 4. The molecular formula is C18H25N3OS. The van der Waals surface area contributed by atoms with Crippen molar-refractivity contribution in [1.29, 1.82) is 0 Å². The largest absolute Gasteiger partial charge is 0.397 e. The van der Waals surface area contributed by atoms with Crippen molar-refractivity contribution in [2.24, 2.45) is 0 Å². The van der Waals surface area contributed by atoms with Gasteiger partial charge in [-0.3, -0.25) is 4.79 Å². The molecule has 0 unspecified atom stereocenters. The molecule has 1 aliphatic heterocycles. The Morgan fingerprint density at radius 2 is 2.04 bits per heavy atom. The summed E-state index contributed by atoms with van der Waals surface area (Å²) in [6.45, 7) is 6.41. The Hall–Kier alpha value is -1.62. The lowest BCUT2D eigenvalue weighted by Gasteiger charge is -2.38. The number of likely N-dealkylation sites (tertiary alicyclic amines) is 1. The average Bonchev–Trinajstić information content (AvgIpc) is 2.84. The zero-order valence-corrected chi connectivity index (χ0v) is 14.9. The molecule has 2 atom stereocenters. The highest BCUT2D eigenvalue weighted by atomic mass is 32.1. The Kier molecular flexibility index (Phi) is 4.57. The average molecular weight is 331 g/mol. The molecule has 0 aromatic carbocycles. The molecule has 0 saturated carbocycles. The van der Waals surface area contributed by atoms with Crippen LogP contribution in [-0.2, 0) is 6.42 Å². The maximum atomic E-state index is 13.1. The van der Waals surface area contributed by atoms with Gasteiger partial charge in [0.2, 0.25) is 0 Å². The fraction of sp³-hybridized carbons (Fsp3) is 0.556. The second kappa shape index (κ2) is 6.48. The van der Waals surface area contributed by atoms with Crippen molar-refractivity contribution in [2.45, 2.75) is 65.0 Å². The second-order valence-corrected chi connectivity index (χ2v) is 7.59. The van der Waals surface area contributed by atoms with Gasteiger partial charge >= 0.3 is 0 Å². The summed E-state index contributed by atoms with van der Waals surface area (Å²) in [6.07, 6.45) is 5.35. The predicted octanol–water partition coefficient (Wildman–Crippen LogP) is 4.23. The third-order valence-corrected chi connectivity index (χ3v) is 5.88. The molecule has 0 bridgehead atoms. The second-order valence-electron chi connectivity index (χ2n) is 6.59. The smallest absolute Gasteiger partial charge is 0.266 e. The molecule has 0 aliphatic carbocycles. The Labute approximate surface area is 141 Å². The first kappa shape index (κ1) is 16.2. The van der Waals surface area contributed by atoms with Gasteiger partial charge in [0.15, 0.2) is 0 Å². The molecule has 5 heteroatoms. The zero-order valence-electron chi connectivity index (χ0n) is 14.1. The van der Waals surface area contributed by atoms with Crippen LogP contribution >= 0.6 is 11.3 Å². The summed E-state index contributed by atoms with van der Waals surface area (Å²) in [5.41, 5.74) is 7.95. The molecule has 1 fully saturated rings. The number of thiophene rings is 1. The lowest BCUT2D eigenvalue weighted by Crippen LogP contribution is -2.47. The standard InChI is InChI=1S/C18H25N3OS/c1-4-6-13-9-10-14-15(19)16(23-17(14)20-13)18(22)21-11(2)7-5-8-12(21)3/h9-12H,4-8,19H2,1-3H3/t11-,12-/m0/s1. The van der Waals surface area contributed by atoms with Gasteiger partial charge in [0, 0.05) is 23.2 Å². The van der Waals surface area contributed by atoms with Crippen molar-refractivity contribution in [3.63, 3.8) is 0 Å². The number of nitrogens with two attached hydrogens (primary N) is 1. The van der Waals surface area contributed by atoms with Crippen LogP contribution in [0.2, 0.25) is 0 Å². The van der Waals surface area contributed by atoms with E-state index in [1.165, 1.54) is 17.8 Å². The minimum atomic E-state index is 0.0715. The Balaban J connectivity index is 1.98. The third kappa shape index (κ3) is 2.94. The number of hydrogen-bond donors (Lipinski definition) is 1. The van der Waals surface area contributed by atoms with Gasteiger partial charge in [-0.1, -0.05) is 13.3 Å². The topological polar surface area (TPSA) is 59.2 Å². The van der Waals surface area contributed by atoms with E-state index in [0.717, 1.165) is 41.6 Å². The van der Waals surface area contributed by atoms with Crippen molar-refractivity contribution in [1.82, 2.24) is 9.88 Å². The number of pyridine rings is 1. The van der Waals surface area contributed by atoms with Crippen molar-refractivity contribution in [3.05, 3.63) is 22.7 Å². The summed E-state index contributed by atoms with van der Waals surface area (Å²) in [4.78, 5) is 21.3. The first-order chi connectivity index (χ1) is 11.0. The fourth-order valence-electron chi connectivity index (χ4n) is 3.53. The summed E-state index contributed by atoms with van der Waals surface area (Å²) < 4.78 is 0. The first-order valence-corrected chi connectivity index (χ1v) is 9.35. The molecule has 2 aromatic heterocycles. The number of piperidine rings is 1. The quantitative estimate of drug-likeness (QED) is 0.915. The maximum absolute atomic E-state index is 13.1. The van der Waals surface area contributed by atoms with Crippen LogP contribution in [0.25, 0.3) is 10.2 Å². The van der Waals surface area contributed by atoms with E-state index in [0.29, 0.717) is 10.6 Å². The molecule has 1 aliphatic rings. The summed E-state index contributed by atoms with van der Waals surface area (Å²) in [7, 11) is 0. The monoisotopic (exact) mass is 331 g/mol. The molecule has 1 amide bonds. The van der Waals surface area contributed by atoms with E-state index >= 15 is 0 Å². The number of nitrogens with zero attached hydrogens (tertiary/aromatic N) is 2. The van der Waals surface area contributed by atoms with Crippen molar-refractivity contribution in [2.75, 3.05) is 5.73 Å². The lowest BCUT2D eigenvalue weighted by molar-refractivity contribution is 0.0517. The van der Waals surface area contributed by atoms with Crippen LogP contribution in [-0.4, -0.2) is 27.9 Å². The van der Waals surface area contributed by atoms with E-state index in [1.807, 2.05) is 17.0 Å². The summed E-state index contributed by atoms with van der Waals surface area (Å²) in [5.74, 6) is 0.0715. The molecule has 3 heterocycles. The number of amides is 1. The van der Waals surface area contributed by atoms with E-state index < -0.39 is 0 Å². The van der Waals surface area contributed by atoms with Gasteiger partial charge in [0.1, 0.15) is 9.71 Å². The van der Waals surface area contributed by atoms with Gasteiger partial charge in [-0.2, -0.15) is 0 Å². The Bertz CT molecular complexity index is 714. The third-order valence-electron chi connectivity index (χ3n) is 4.78. The summed E-state index contributed by atoms with van der Waals surface area (Å²) in [5, 5.41) is 0.913. The van der Waals surface area contributed by atoms with Crippen LogP contribution in [0.1, 0.15) is 61.8 Å². The fourth-order valence-corrected chi connectivity index (χ4v) is 4.59. The number of fused-ring (bicyclic) bond motifs is 1. The van der Waals surface area contributed by atoms with Crippen molar-refractivity contribution >= 4 is 33.1 Å². The number of carbonyl (C=O) groups excluding carboxylic acids is 1. The molecule has 0 spiro atoms. The molecule has 2 aromatic rings. The Morgan fingerprint density at radius 1 is 1.35 bits per heavy atom. The van der Waals surface area contributed by atoms with Gasteiger partial charge < -0.3 is 10.6 Å². The van der Waals surface area contributed by atoms with Crippen LogP contribution in [0.15, 0.2) is 12.1 Å². The highest BCUT2D eigenvalue weighted by molar-refractivity contribution is 7.21. The zero-order chi connectivity index (χ0) is 16.6. The van der Waals surface area contributed by atoms with E-state index in [2.05, 4.69) is 25.8 Å². The SMILES string of the molecule is CCCc1ccc2c(N)c(C(=O)N3[C@@H](C)CCC[C@@H]3C)sc2n1. The normalized spacial score (nSPS) is 21.8. The van der Waals surface area contributed by atoms with Gasteiger partial charge in [0.25, 0.3) is 5.91 Å². The highest BCUT2D eigenvalue weighted by Gasteiger charge is 2.32. The van der Waals surface area contributed by atoms with Crippen molar-refractivity contribution in [3.8, 4) is 0 Å². The number of rotatable bonds is 3. The maximum Gasteiger partial charge on any atom is 0.266 e. The Morgan fingerprint density at radius 3 is 2.70 bits per heavy atom. The molecule has 124 valence electrons. The number of carbonyl (C=O) groups is 1. The van der Waals surface area contributed by atoms with Crippen molar-refractivity contribution < 1.29 is 4.79 Å². The lowest BCUT2D eigenvalue weighted by atomic mass is 9.97. The first-order valence-electron chi connectivity index (χ1n) is 8.53. The molecule has 0 radical (unpaired) electrons. The van der Waals surface area contributed by atoms with Gasteiger partial charge in [-0.05, 0) is 51.7 Å². The van der Waals surface area contributed by atoms with Gasteiger partial charge in [0.05, 0.1) is 5.69 Å². The molecule has 3 rings (SSSR count). The highest BCUT2D eigenvalue weighted by Crippen LogP contribution is 2.35. The minimum Gasteiger partial charge on any atom is -0.397 e. The number of aromatic nitrogens is 1. The number of aryl methyl sites for hydroxylation is 1. The molecule has 1 saturated heterocycles. The van der Waals surface area contributed by atoms with Crippen LogP contribution in [0.5, 0.6) is 0 Å². The van der Waals surface area contributed by atoms with Crippen LogP contribution in [0.4, 0.5) is 5.69 Å². The van der Waals surface area contributed by atoms with E-state index in [-0.39, 0.29) is 18.0 Å². The summed E-state index contributed by atoms with van der Waals surface area (Å²) in [6, 6.07) is 4.59. The molecule has 23 heavy (non-hydrogen) atoms. The van der Waals surface area contributed by atoms with E-state index in [1.54, 1.807) is 0 Å². The number of anilines is 1. The number of nitrogen functional groups attached to an aromatic ring is 1. The molecule has 4 nitrogen and oxygen atoms in total. The van der Waals surface area contributed by atoms with Crippen LogP contribution < -0.4 is 5.73 Å². The van der Waals surface area contributed by atoms with Gasteiger partial charge in [-0.15, -0.1) is 11.3 Å². The molecule has 2 N–H and O–H groups in total. The van der Waals surface area contributed by atoms with Gasteiger partial charge in [-0.25, -0.2) is 4.98 Å². The van der Waals surface area contributed by atoms with Crippen LogP contribution in [0, 0.1) is 0 Å². The minimum absolute atomic E-state index is 0.0715. The predicted molar refractivity (Wildman–Crippen MR) is 97.0 cm³/mol. The van der Waals surface area contributed by atoms with Crippen LogP contribution in [0.3, 0.4) is 0 Å². The molecular weight excluding hydrogens is 306 g/mol. The van der Waals surface area contributed by atoms with E-state index in [4.69, 9.17) is 5.73 Å². The van der Waals surface area contributed by atoms with E-state index in [9.17, 15) is 4.79 Å².